The normalized spacial score (nSPS) is 11.1. The lowest BCUT2D eigenvalue weighted by Gasteiger charge is -2.06. The van der Waals surface area contributed by atoms with Gasteiger partial charge in [0.05, 0.1) is 12.7 Å². The summed E-state index contributed by atoms with van der Waals surface area (Å²) in [5.74, 6) is 0.767. The van der Waals surface area contributed by atoms with Gasteiger partial charge in [-0.3, -0.25) is 0 Å². The second-order valence-electron chi connectivity index (χ2n) is 5.17. The molecule has 0 aliphatic heterocycles. The Labute approximate surface area is 128 Å². The van der Waals surface area contributed by atoms with E-state index in [4.69, 9.17) is 4.74 Å². The van der Waals surface area contributed by atoms with E-state index in [1.165, 1.54) is 24.5 Å². The fourth-order valence-electron chi connectivity index (χ4n) is 1.92. The maximum atomic E-state index is 14.0. The summed E-state index contributed by atoms with van der Waals surface area (Å²) in [6, 6.07) is 4.75. The van der Waals surface area contributed by atoms with Gasteiger partial charge in [-0.1, -0.05) is 31.3 Å². The number of aromatic nitrogens is 2. The molecule has 0 amide bonds. The largest absolute Gasteiger partial charge is 0.496 e. The Hall–Kier alpha value is -1.53. The lowest BCUT2D eigenvalue weighted by atomic mass is 10.2. The fraction of sp³-hybridized carbons (Fsp3) is 0.467. The molecule has 0 spiro atoms. The highest BCUT2D eigenvalue weighted by atomic mass is 32.1. The minimum Gasteiger partial charge on any atom is -0.496 e. The first-order chi connectivity index (χ1) is 10.1. The minimum atomic E-state index is -0.338. The average molecular weight is 309 g/mol. The second kappa shape index (κ2) is 7.47. The average Bonchev–Trinajstić information content (AvgIpc) is 2.91. The van der Waals surface area contributed by atoms with Crippen molar-refractivity contribution >= 4 is 11.3 Å². The highest BCUT2D eigenvalue weighted by Crippen LogP contribution is 2.34. The summed E-state index contributed by atoms with van der Waals surface area (Å²) in [7, 11) is 1.52. The van der Waals surface area contributed by atoms with Gasteiger partial charge in [0.15, 0.2) is 5.01 Å². The van der Waals surface area contributed by atoms with Crippen LogP contribution in [0.2, 0.25) is 0 Å². The Morgan fingerprint density at radius 2 is 2.14 bits per heavy atom. The zero-order chi connectivity index (χ0) is 15.2. The molecule has 21 heavy (non-hydrogen) atoms. The molecule has 4 nitrogen and oxygen atoms in total. The molecule has 0 atom stereocenters. The molecule has 0 unspecified atom stereocenters. The zero-order valence-corrected chi connectivity index (χ0v) is 13.3. The van der Waals surface area contributed by atoms with Crippen LogP contribution in [-0.2, 0) is 6.42 Å². The number of nitrogens with one attached hydrogen (secondary N) is 1. The molecule has 0 saturated carbocycles. The first-order valence-electron chi connectivity index (χ1n) is 6.97. The molecular formula is C15H20FN3OS. The van der Waals surface area contributed by atoms with Gasteiger partial charge in [0.1, 0.15) is 16.6 Å². The summed E-state index contributed by atoms with van der Waals surface area (Å²) in [5, 5.41) is 13.0. The monoisotopic (exact) mass is 309 g/mol. The van der Waals surface area contributed by atoms with Gasteiger partial charge in [0, 0.05) is 13.0 Å². The lowest BCUT2D eigenvalue weighted by molar-refractivity contribution is 0.413. The Morgan fingerprint density at radius 1 is 1.33 bits per heavy atom. The quantitative estimate of drug-likeness (QED) is 0.798. The topological polar surface area (TPSA) is 47.0 Å². The molecule has 0 radical (unpaired) electrons. The van der Waals surface area contributed by atoms with Crippen LogP contribution in [0.25, 0.3) is 10.6 Å². The van der Waals surface area contributed by atoms with Crippen LogP contribution in [0.5, 0.6) is 5.75 Å². The number of halogens is 1. The molecular weight excluding hydrogens is 289 g/mol. The fourth-order valence-corrected chi connectivity index (χ4v) is 2.81. The first kappa shape index (κ1) is 15.9. The van der Waals surface area contributed by atoms with E-state index < -0.39 is 0 Å². The van der Waals surface area contributed by atoms with Gasteiger partial charge in [-0.25, -0.2) is 4.39 Å². The molecule has 6 heteroatoms. The molecule has 0 aliphatic carbocycles. The number of ether oxygens (including phenoxy) is 1. The number of benzene rings is 1. The van der Waals surface area contributed by atoms with Crippen LogP contribution in [-0.4, -0.2) is 30.4 Å². The SMILES string of the molecule is COc1cccc(F)c1-c1nnc(CCNCC(C)C)s1. The van der Waals surface area contributed by atoms with Gasteiger partial charge >= 0.3 is 0 Å². The van der Waals surface area contributed by atoms with Crippen LogP contribution in [0.4, 0.5) is 4.39 Å². The van der Waals surface area contributed by atoms with Crippen LogP contribution >= 0.6 is 11.3 Å². The van der Waals surface area contributed by atoms with Gasteiger partial charge < -0.3 is 10.1 Å². The smallest absolute Gasteiger partial charge is 0.154 e. The number of hydrogen-bond acceptors (Lipinski definition) is 5. The Bertz CT molecular complexity index is 586. The number of methoxy groups -OCH3 is 1. The van der Waals surface area contributed by atoms with Crippen LogP contribution in [0.15, 0.2) is 18.2 Å². The standard InChI is InChI=1S/C15H20FN3OS/c1-10(2)9-17-8-7-13-18-19-15(21-13)14-11(16)5-4-6-12(14)20-3/h4-6,10,17H,7-9H2,1-3H3. The molecule has 1 aromatic carbocycles. The molecule has 0 bridgehead atoms. The third-order valence-electron chi connectivity index (χ3n) is 2.94. The van der Waals surface area contributed by atoms with Crippen molar-refractivity contribution in [2.24, 2.45) is 5.92 Å². The van der Waals surface area contributed by atoms with Gasteiger partial charge in [0.25, 0.3) is 0 Å². The van der Waals surface area contributed by atoms with Gasteiger partial charge in [-0.2, -0.15) is 0 Å². The third-order valence-corrected chi connectivity index (χ3v) is 3.94. The van der Waals surface area contributed by atoms with Crippen LogP contribution < -0.4 is 10.1 Å². The minimum absolute atomic E-state index is 0.338. The van der Waals surface area contributed by atoms with Crippen molar-refractivity contribution in [2.45, 2.75) is 20.3 Å². The molecule has 2 rings (SSSR count). The van der Waals surface area contributed by atoms with E-state index in [0.29, 0.717) is 22.2 Å². The second-order valence-corrected chi connectivity index (χ2v) is 6.23. The number of hydrogen-bond donors (Lipinski definition) is 1. The van der Waals surface area contributed by atoms with Crippen LogP contribution in [0.1, 0.15) is 18.9 Å². The molecule has 1 heterocycles. The Morgan fingerprint density at radius 3 is 2.86 bits per heavy atom. The molecule has 0 aliphatic rings. The lowest BCUT2D eigenvalue weighted by Crippen LogP contribution is -2.22. The van der Waals surface area contributed by atoms with E-state index in [2.05, 4.69) is 29.4 Å². The molecule has 0 fully saturated rings. The van der Waals surface area contributed by atoms with Crippen LogP contribution in [0.3, 0.4) is 0 Å². The third kappa shape index (κ3) is 4.22. The molecule has 2 aromatic rings. The zero-order valence-electron chi connectivity index (χ0n) is 12.5. The van der Waals surface area contributed by atoms with Crippen molar-refractivity contribution in [1.29, 1.82) is 0 Å². The molecule has 1 aromatic heterocycles. The van der Waals surface area contributed by atoms with Gasteiger partial charge in [-0.15, -0.1) is 10.2 Å². The van der Waals surface area contributed by atoms with Crippen LogP contribution in [0, 0.1) is 11.7 Å². The maximum Gasteiger partial charge on any atom is 0.154 e. The van der Waals surface area contributed by atoms with E-state index in [1.54, 1.807) is 12.1 Å². The van der Waals surface area contributed by atoms with E-state index in [0.717, 1.165) is 24.5 Å². The Kier molecular flexibility index (Phi) is 5.64. The summed E-state index contributed by atoms with van der Waals surface area (Å²) in [5.41, 5.74) is 0.388. The van der Waals surface area contributed by atoms with E-state index in [1.807, 2.05) is 0 Å². The highest BCUT2D eigenvalue weighted by Gasteiger charge is 2.16. The summed E-state index contributed by atoms with van der Waals surface area (Å²) >= 11 is 1.41. The number of nitrogens with zero attached hydrogens (tertiary/aromatic N) is 2. The predicted octanol–water partition coefficient (Wildman–Crippen LogP) is 3.14. The van der Waals surface area contributed by atoms with Crippen molar-refractivity contribution in [3.05, 3.63) is 29.0 Å². The number of rotatable bonds is 7. The van der Waals surface area contributed by atoms with Crippen molar-refractivity contribution < 1.29 is 9.13 Å². The van der Waals surface area contributed by atoms with Crippen molar-refractivity contribution in [2.75, 3.05) is 20.2 Å². The molecule has 0 saturated heterocycles. The molecule has 114 valence electrons. The summed E-state index contributed by atoms with van der Waals surface area (Å²) in [4.78, 5) is 0. The van der Waals surface area contributed by atoms with E-state index in [9.17, 15) is 4.39 Å². The maximum absolute atomic E-state index is 14.0. The van der Waals surface area contributed by atoms with E-state index >= 15 is 0 Å². The van der Waals surface area contributed by atoms with Crippen molar-refractivity contribution in [3.63, 3.8) is 0 Å². The predicted molar refractivity (Wildman–Crippen MR) is 83.3 cm³/mol. The van der Waals surface area contributed by atoms with E-state index in [-0.39, 0.29) is 5.82 Å². The summed E-state index contributed by atoms with van der Waals surface area (Å²) in [6.07, 6.45) is 0.793. The summed E-state index contributed by atoms with van der Waals surface area (Å²) in [6.45, 7) is 6.16. The Balaban J connectivity index is 2.06. The first-order valence-corrected chi connectivity index (χ1v) is 7.79. The highest BCUT2D eigenvalue weighted by molar-refractivity contribution is 7.14. The van der Waals surface area contributed by atoms with Gasteiger partial charge in [0.2, 0.25) is 0 Å². The molecule has 1 N–H and O–H groups in total. The van der Waals surface area contributed by atoms with Crippen molar-refractivity contribution in [3.8, 4) is 16.3 Å². The van der Waals surface area contributed by atoms with Crippen molar-refractivity contribution in [1.82, 2.24) is 15.5 Å². The summed E-state index contributed by atoms with van der Waals surface area (Å²) < 4.78 is 19.2. The van der Waals surface area contributed by atoms with Gasteiger partial charge in [-0.05, 0) is 24.6 Å².